The van der Waals surface area contributed by atoms with Crippen LogP contribution in [0, 0.1) is 0 Å². The van der Waals surface area contributed by atoms with E-state index in [-0.39, 0.29) is 0 Å². The Balaban J connectivity index is 1.12. The van der Waals surface area contributed by atoms with Gasteiger partial charge in [-0.2, -0.15) is 0 Å². The van der Waals surface area contributed by atoms with E-state index in [1.54, 1.807) is 0 Å². The zero-order valence-electron chi connectivity index (χ0n) is 29.3. The van der Waals surface area contributed by atoms with Gasteiger partial charge in [0.25, 0.3) is 0 Å². The van der Waals surface area contributed by atoms with Crippen LogP contribution in [-0.2, 0) is 0 Å². The first-order valence-electron chi connectivity index (χ1n) is 18.6. The highest BCUT2D eigenvalue weighted by Crippen LogP contribution is 2.46. The fourth-order valence-corrected chi connectivity index (χ4v) is 9.13. The number of nitrogens with zero attached hydrogens (tertiary/aromatic N) is 1. The van der Waals surface area contributed by atoms with Gasteiger partial charge in [0.05, 0.1) is 0 Å². The van der Waals surface area contributed by atoms with Gasteiger partial charge in [-0.05, 0) is 130 Å². The number of rotatable bonds is 4. The van der Waals surface area contributed by atoms with Crippen molar-refractivity contribution < 1.29 is 4.42 Å². The number of fused-ring (bicyclic) bond motifs is 5. The van der Waals surface area contributed by atoms with Crippen LogP contribution in [0.2, 0.25) is 0 Å². The Morgan fingerprint density at radius 3 is 1.48 bits per heavy atom. The molecule has 0 spiro atoms. The first-order valence-corrected chi connectivity index (χ1v) is 18.6. The van der Waals surface area contributed by atoms with Crippen LogP contribution in [0.15, 0.2) is 192 Å². The Morgan fingerprint density at radius 1 is 0.278 bits per heavy atom. The maximum absolute atomic E-state index is 6.13. The summed E-state index contributed by atoms with van der Waals surface area (Å²) in [5, 5.41) is 17.7. The van der Waals surface area contributed by atoms with Crippen molar-refractivity contribution in [3.8, 4) is 11.1 Å². The number of furan rings is 1. The Bertz CT molecular complexity index is 3430. The third-order valence-corrected chi connectivity index (χ3v) is 11.5. The van der Waals surface area contributed by atoms with Crippen LogP contribution in [0.1, 0.15) is 0 Å². The van der Waals surface area contributed by atoms with Crippen LogP contribution in [-0.4, -0.2) is 0 Å². The second kappa shape index (κ2) is 11.2. The van der Waals surface area contributed by atoms with Crippen LogP contribution in [0.4, 0.5) is 17.1 Å². The van der Waals surface area contributed by atoms with Crippen molar-refractivity contribution in [3.05, 3.63) is 188 Å². The van der Waals surface area contributed by atoms with Crippen molar-refractivity contribution in [1.29, 1.82) is 0 Å². The van der Waals surface area contributed by atoms with Gasteiger partial charge in [0.2, 0.25) is 0 Å². The Morgan fingerprint density at radius 2 is 0.796 bits per heavy atom. The Hall–Kier alpha value is -7.16. The van der Waals surface area contributed by atoms with Gasteiger partial charge >= 0.3 is 0 Å². The summed E-state index contributed by atoms with van der Waals surface area (Å²) in [5.74, 6) is 0. The largest absolute Gasteiger partial charge is 0.456 e. The third-order valence-electron chi connectivity index (χ3n) is 11.5. The molecule has 2 heteroatoms. The molecule has 2 nitrogen and oxygen atoms in total. The van der Waals surface area contributed by atoms with Crippen LogP contribution >= 0.6 is 0 Å². The van der Waals surface area contributed by atoms with Gasteiger partial charge in [-0.3, -0.25) is 0 Å². The van der Waals surface area contributed by atoms with Crippen molar-refractivity contribution in [2.45, 2.75) is 0 Å². The molecule has 0 aliphatic rings. The summed E-state index contributed by atoms with van der Waals surface area (Å²) in [6.07, 6.45) is 0. The van der Waals surface area contributed by atoms with Crippen molar-refractivity contribution in [1.82, 2.24) is 0 Å². The van der Waals surface area contributed by atoms with E-state index in [1.807, 2.05) is 12.1 Å². The summed E-state index contributed by atoms with van der Waals surface area (Å²) < 4.78 is 6.13. The van der Waals surface area contributed by atoms with E-state index in [0.717, 1.165) is 44.6 Å². The van der Waals surface area contributed by atoms with Crippen molar-refractivity contribution >= 4 is 104 Å². The molecule has 0 unspecified atom stereocenters. The predicted octanol–water partition coefficient (Wildman–Crippen LogP) is 15.1. The van der Waals surface area contributed by atoms with Crippen molar-refractivity contribution in [2.75, 3.05) is 4.90 Å². The molecular weight excluding hydrogens is 655 g/mol. The number of para-hydroxylation sites is 2. The molecule has 1 heterocycles. The van der Waals surface area contributed by atoms with Crippen molar-refractivity contribution in [3.63, 3.8) is 0 Å². The molecule has 0 saturated heterocycles. The zero-order valence-corrected chi connectivity index (χ0v) is 29.3. The molecule has 0 atom stereocenters. The molecule has 0 radical (unpaired) electrons. The maximum Gasteiger partial charge on any atom is 0.135 e. The molecule has 12 rings (SSSR count). The molecule has 0 aliphatic heterocycles. The fraction of sp³-hybridized carbons (Fsp3) is 0. The normalized spacial score (nSPS) is 12.1. The minimum Gasteiger partial charge on any atom is -0.456 e. The molecule has 0 fully saturated rings. The standard InChI is InChI=1S/C52H31NO/c1-2-12-38(13-3-1)53(39-26-23-32(24-27-39)36-25-28-48-45(30-36)41-14-4-5-18-47(41)54-48)40-29-37-22-21-35-10-7-16-43-42-15-6-9-33-19-20-34-11-8-17-44(51(34)49(33)42)46(31-40)52(37)50(35)43/h1-31H. The van der Waals surface area contributed by atoms with Gasteiger partial charge in [-0.15, -0.1) is 0 Å². The summed E-state index contributed by atoms with van der Waals surface area (Å²) in [5.41, 5.74) is 7.50. The lowest BCUT2D eigenvalue weighted by Crippen LogP contribution is -2.10. The highest BCUT2D eigenvalue weighted by Gasteiger charge is 2.19. The molecule has 0 amide bonds. The highest BCUT2D eigenvalue weighted by atomic mass is 16.3. The molecule has 0 N–H and O–H groups in total. The maximum atomic E-state index is 6.13. The van der Waals surface area contributed by atoms with E-state index in [1.165, 1.54) is 70.2 Å². The molecule has 1 aromatic heterocycles. The third kappa shape index (κ3) is 4.22. The topological polar surface area (TPSA) is 16.4 Å². The summed E-state index contributed by atoms with van der Waals surface area (Å²) in [6, 6.07) is 68.8. The van der Waals surface area contributed by atoms with E-state index in [2.05, 4.69) is 181 Å². The monoisotopic (exact) mass is 685 g/mol. The lowest BCUT2D eigenvalue weighted by atomic mass is 9.87. The van der Waals surface area contributed by atoms with E-state index in [9.17, 15) is 0 Å². The lowest BCUT2D eigenvalue weighted by molar-refractivity contribution is 0.669. The molecule has 0 aliphatic carbocycles. The molecule has 54 heavy (non-hydrogen) atoms. The first-order chi connectivity index (χ1) is 26.8. The molecule has 250 valence electrons. The Labute approximate surface area is 311 Å². The van der Waals surface area contributed by atoms with Gasteiger partial charge in [0, 0.05) is 27.8 Å². The van der Waals surface area contributed by atoms with E-state index >= 15 is 0 Å². The van der Waals surface area contributed by atoms with Gasteiger partial charge in [0.15, 0.2) is 0 Å². The summed E-state index contributed by atoms with van der Waals surface area (Å²) in [6.45, 7) is 0. The minimum absolute atomic E-state index is 0.911. The van der Waals surface area contributed by atoms with Crippen LogP contribution in [0.25, 0.3) is 97.7 Å². The smallest absolute Gasteiger partial charge is 0.135 e. The first kappa shape index (κ1) is 29.4. The SMILES string of the molecule is c1ccc(N(c2ccc(-c3ccc4oc5ccccc5c4c3)cc2)c2cc3ccc4cccc5c6cccc7ccc8cccc(c(c2)c3c45)c8c76)cc1. The zero-order chi connectivity index (χ0) is 35.3. The van der Waals surface area contributed by atoms with Gasteiger partial charge in [-0.1, -0.05) is 133 Å². The summed E-state index contributed by atoms with van der Waals surface area (Å²) >= 11 is 0. The average Bonchev–Trinajstić information content (AvgIpc) is 3.61. The molecule has 12 aromatic rings. The second-order valence-electron chi connectivity index (χ2n) is 14.5. The second-order valence-corrected chi connectivity index (χ2v) is 14.5. The highest BCUT2D eigenvalue weighted by molar-refractivity contribution is 6.37. The van der Waals surface area contributed by atoms with Crippen LogP contribution < -0.4 is 4.90 Å². The number of benzene rings is 10. The van der Waals surface area contributed by atoms with Gasteiger partial charge in [0.1, 0.15) is 11.2 Å². The molecule has 11 aromatic carbocycles. The van der Waals surface area contributed by atoms with E-state index in [4.69, 9.17) is 4.42 Å². The molecular formula is C52H31NO. The number of hydrogen-bond acceptors (Lipinski definition) is 2. The average molecular weight is 686 g/mol. The van der Waals surface area contributed by atoms with Crippen LogP contribution in [0.3, 0.4) is 0 Å². The quantitative estimate of drug-likeness (QED) is 0.172. The summed E-state index contributed by atoms with van der Waals surface area (Å²) in [4.78, 5) is 2.40. The van der Waals surface area contributed by atoms with E-state index < -0.39 is 0 Å². The Kier molecular flexibility index (Phi) is 6.09. The summed E-state index contributed by atoms with van der Waals surface area (Å²) in [7, 11) is 0. The van der Waals surface area contributed by atoms with Gasteiger partial charge < -0.3 is 9.32 Å². The molecule has 0 saturated carbocycles. The number of hydrogen-bond donors (Lipinski definition) is 0. The number of anilines is 3. The van der Waals surface area contributed by atoms with Crippen molar-refractivity contribution in [2.24, 2.45) is 0 Å². The lowest BCUT2D eigenvalue weighted by Gasteiger charge is -2.27. The predicted molar refractivity (Wildman–Crippen MR) is 230 cm³/mol. The van der Waals surface area contributed by atoms with Crippen LogP contribution in [0.5, 0.6) is 0 Å². The van der Waals surface area contributed by atoms with E-state index in [0.29, 0.717) is 0 Å². The van der Waals surface area contributed by atoms with Gasteiger partial charge in [-0.25, -0.2) is 0 Å². The molecule has 0 bridgehead atoms. The fourth-order valence-electron chi connectivity index (χ4n) is 9.13. The minimum atomic E-state index is 0.911.